The van der Waals surface area contributed by atoms with Gasteiger partial charge in [0.25, 0.3) is 0 Å². The topological polar surface area (TPSA) is 65.1 Å². The lowest BCUT2D eigenvalue weighted by atomic mass is 9.58. The Morgan fingerprint density at radius 3 is 2.41 bits per heavy atom. The van der Waals surface area contributed by atoms with Gasteiger partial charge in [-0.3, -0.25) is 4.68 Å². The van der Waals surface area contributed by atoms with E-state index in [2.05, 4.69) is 15.6 Å². The monoisotopic (exact) mass is 500 g/mol. The first-order valence-corrected chi connectivity index (χ1v) is 13.0. The Balaban J connectivity index is 1.16. The minimum absolute atomic E-state index is 0.0631. The van der Waals surface area contributed by atoms with Gasteiger partial charge in [0.15, 0.2) is 0 Å². The number of anilines is 1. The molecule has 8 heteroatoms. The Bertz CT molecular complexity index is 1150. The molecule has 3 aromatic rings. The molecule has 34 heavy (non-hydrogen) atoms. The highest BCUT2D eigenvalue weighted by molar-refractivity contribution is 6.39. The molecule has 0 radical (unpaired) electrons. The van der Waals surface area contributed by atoms with E-state index in [4.69, 9.17) is 32.5 Å². The summed E-state index contributed by atoms with van der Waals surface area (Å²) in [5.41, 5.74) is 2.77. The second-order valence-electron chi connectivity index (χ2n) is 10.4. The van der Waals surface area contributed by atoms with Crippen LogP contribution in [-0.4, -0.2) is 27.1 Å². The molecule has 0 aliphatic heterocycles. The summed E-state index contributed by atoms with van der Waals surface area (Å²) in [7, 11) is 1.95. The number of aryl methyl sites for hydroxylation is 1. The van der Waals surface area contributed by atoms with E-state index in [1.165, 1.54) is 19.3 Å². The third kappa shape index (κ3) is 4.14. The van der Waals surface area contributed by atoms with Crippen molar-refractivity contribution in [3.05, 3.63) is 51.8 Å². The fourth-order valence-electron chi connectivity index (χ4n) is 5.77. The van der Waals surface area contributed by atoms with Crippen LogP contribution in [-0.2, 0) is 18.4 Å². The molecule has 1 aromatic carbocycles. The minimum Gasteiger partial charge on any atom is -0.370 e. The zero-order chi connectivity index (χ0) is 23.3. The zero-order valence-electron chi connectivity index (χ0n) is 19.4. The Morgan fingerprint density at radius 1 is 1.09 bits per heavy atom. The number of hydrogen-bond acceptors (Lipinski definition) is 5. The molecule has 0 amide bonds. The third-order valence-electron chi connectivity index (χ3n) is 8.18. The Labute approximate surface area is 209 Å². The van der Waals surface area contributed by atoms with Crippen molar-refractivity contribution in [3.8, 4) is 11.3 Å². The second-order valence-corrected chi connectivity index (χ2v) is 11.3. The minimum atomic E-state index is -0.0631. The molecule has 4 aliphatic carbocycles. The van der Waals surface area contributed by atoms with Crippen LogP contribution in [0.2, 0.25) is 10.0 Å². The Morgan fingerprint density at radius 2 is 1.79 bits per heavy atom. The molecular weight excluding hydrogens is 471 g/mol. The number of hydrogen-bond donors (Lipinski definition) is 1. The predicted molar refractivity (Wildman–Crippen MR) is 133 cm³/mol. The first-order chi connectivity index (χ1) is 16.5. The molecule has 0 spiro atoms. The fourth-order valence-corrected chi connectivity index (χ4v) is 6.35. The smallest absolute Gasteiger partial charge is 0.147 e. The number of benzene rings is 1. The van der Waals surface area contributed by atoms with Gasteiger partial charge in [0.05, 0.1) is 22.3 Å². The standard InChI is InChI=1S/C26H30Cl2N4O2/c1-32-14-7-21(30-32)29-16-25-8-11-26(12-9-25,13-10-25)33-15-18-23(31-34-24(18)17-5-6-17)22-19(27)3-2-4-20(22)28/h2-4,7,14,17H,5-6,8-13,15-16H2,1H3,(H,29,30). The number of nitrogens with one attached hydrogen (secondary N) is 1. The van der Waals surface area contributed by atoms with Gasteiger partial charge in [-0.05, 0) is 68.9 Å². The molecule has 4 fully saturated rings. The SMILES string of the molecule is Cn1ccc(NCC23CCC(OCc4c(-c5c(Cl)cccc5Cl)noc4C4CC4)(CC2)CC3)n1. The predicted octanol–water partition coefficient (Wildman–Crippen LogP) is 6.98. The van der Waals surface area contributed by atoms with E-state index >= 15 is 0 Å². The van der Waals surface area contributed by atoms with Crippen LogP contribution in [0.25, 0.3) is 11.3 Å². The average Bonchev–Trinajstić information content (AvgIpc) is 3.47. The summed E-state index contributed by atoms with van der Waals surface area (Å²) in [6.45, 7) is 1.47. The maximum absolute atomic E-state index is 6.75. The molecule has 0 unspecified atom stereocenters. The van der Waals surface area contributed by atoms with Crippen LogP contribution in [0, 0.1) is 5.41 Å². The van der Waals surface area contributed by atoms with Crippen molar-refractivity contribution < 1.29 is 9.26 Å². The van der Waals surface area contributed by atoms with E-state index < -0.39 is 0 Å². The highest BCUT2D eigenvalue weighted by Gasteiger charge is 2.49. The van der Waals surface area contributed by atoms with Gasteiger partial charge >= 0.3 is 0 Å². The summed E-state index contributed by atoms with van der Waals surface area (Å²) in [5.74, 6) is 2.34. The number of fused-ring (bicyclic) bond motifs is 3. The molecule has 1 N–H and O–H groups in total. The molecule has 7 rings (SSSR count). The lowest BCUT2D eigenvalue weighted by Crippen LogP contribution is -2.50. The fraction of sp³-hybridized carbons (Fsp3) is 0.538. The molecule has 2 aromatic heterocycles. The molecule has 6 nitrogen and oxygen atoms in total. The van der Waals surface area contributed by atoms with Gasteiger partial charge in [-0.1, -0.05) is 34.4 Å². The number of aromatic nitrogens is 3. The maximum Gasteiger partial charge on any atom is 0.147 e. The number of halogens is 2. The Hall–Kier alpha value is -2.02. The van der Waals surface area contributed by atoms with Gasteiger partial charge in [-0.25, -0.2) is 0 Å². The van der Waals surface area contributed by atoms with Gasteiger partial charge in [0.2, 0.25) is 0 Å². The second kappa shape index (κ2) is 8.58. The summed E-state index contributed by atoms with van der Waals surface area (Å²) in [5, 5.41) is 13.6. The van der Waals surface area contributed by atoms with Crippen molar-refractivity contribution in [2.75, 3.05) is 11.9 Å². The van der Waals surface area contributed by atoms with Crippen molar-refractivity contribution in [1.82, 2.24) is 14.9 Å². The van der Waals surface area contributed by atoms with Gasteiger partial charge in [-0.2, -0.15) is 5.10 Å². The van der Waals surface area contributed by atoms with Crippen molar-refractivity contribution in [2.24, 2.45) is 12.5 Å². The van der Waals surface area contributed by atoms with Crippen LogP contribution in [0.5, 0.6) is 0 Å². The van der Waals surface area contributed by atoms with Crippen LogP contribution in [0.3, 0.4) is 0 Å². The van der Waals surface area contributed by atoms with Gasteiger partial charge < -0.3 is 14.6 Å². The van der Waals surface area contributed by atoms with Gasteiger partial charge in [-0.15, -0.1) is 0 Å². The van der Waals surface area contributed by atoms with Crippen LogP contribution in [0.15, 0.2) is 35.0 Å². The van der Waals surface area contributed by atoms with Crippen molar-refractivity contribution in [3.63, 3.8) is 0 Å². The van der Waals surface area contributed by atoms with Crippen LogP contribution < -0.4 is 5.32 Å². The van der Waals surface area contributed by atoms with Crippen molar-refractivity contribution in [1.29, 1.82) is 0 Å². The largest absolute Gasteiger partial charge is 0.370 e. The van der Waals surface area contributed by atoms with E-state index in [-0.39, 0.29) is 5.60 Å². The first kappa shape index (κ1) is 22.4. The van der Waals surface area contributed by atoms with E-state index in [1.807, 2.05) is 42.2 Å². The van der Waals surface area contributed by atoms with Crippen molar-refractivity contribution >= 4 is 29.0 Å². The number of nitrogens with zero attached hydrogens (tertiary/aromatic N) is 3. The highest BCUT2D eigenvalue weighted by atomic mass is 35.5. The molecule has 180 valence electrons. The summed E-state index contributed by atoms with van der Waals surface area (Å²) in [6, 6.07) is 7.58. The molecule has 4 saturated carbocycles. The van der Waals surface area contributed by atoms with E-state index in [9.17, 15) is 0 Å². The summed E-state index contributed by atoms with van der Waals surface area (Å²) >= 11 is 13.0. The third-order valence-corrected chi connectivity index (χ3v) is 8.81. The summed E-state index contributed by atoms with van der Waals surface area (Å²) in [4.78, 5) is 0. The van der Waals surface area contributed by atoms with E-state index in [1.54, 1.807) is 0 Å². The zero-order valence-corrected chi connectivity index (χ0v) is 21.0. The molecule has 0 atom stereocenters. The summed E-state index contributed by atoms with van der Waals surface area (Å²) in [6.07, 6.45) is 11.0. The lowest BCUT2D eigenvalue weighted by molar-refractivity contribution is -0.140. The molecule has 2 heterocycles. The maximum atomic E-state index is 6.75. The summed E-state index contributed by atoms with van der Waals surface area (Å²) < 4.78 is 14.4. The number of ether oxygens (including phenoxy) is 1. The molecule has 4 aliphatic rings. The molecular formula is C26H30Cl2N4O2. The normalized spacial score (nSPS) is 26.2. The van der Waals surface area contributed by atoms with Crippen LogP contribution in [0.4, 0.5) is 5.82 Å². The van der Waals surface area contributed by atoms with Crippen LogP contribution >= 0.6 is 23.2 Å². The molecule has 0 saturated heterocycles. The average molecular weight is 501 g/mol. The van der Waals surface area contributed by atoms with Gasteiger partial charge in [0.1, 0.15) is 17.3 Å². The first-order valence-electron chi connectivity index (χ1n) is 12.3. The van der Waals surface area contributed by atoms with Gasteiger partial charge in [0, 0.05) is 42.9 Å². The van der Waals surface area contributed by atoms with Crippen LogP contribution in [0.1, 0.15) is 68.6 Å². The van der Waals surface area contributed by atoms with E-state index in [0.29, 0.717) is 28.0 Å². The van der Waals surface area contributed by atoms with E-state index in [0.717, 1.165) is 67.0 Å². The molecule has 2 bridgehead atoms. The highest BCUT2D eigenvalue weighted by Crippen LogP contribution is 2.54. The Kier molecular flexibility index (Phi) is 5.66. The number of rotatable bonds is 8. The van der Waals surface area contributed by atoms with Crippen molar-refractivity contribution in [2.45, 2.75) is 69.5 Å². The lowest BCUT2D eigenvalue weighted by Gasteiger charge is -2.53. The quantitative estimate of drug-likeness (QED) is 0.361.